The molecule has 1 N–H and O–H groups in total. The second-order valence-corrected chi connectivity index (χ2v) is 7.97. The predicted molar refractivity (Wildman–Crippen MR) is 111 cm³/mol. The Bertz CT molecular complexity index is 729. The summed E-state index contributed by atoms with van der Waals surface area (Å²) in [6.07, 6.45) is 10.9. The fraction of sp³-hybridized carbons (Fsp3) is 0.500. The summed E-state index contributed by atoms with van der Waals surface area (Å²) in [5.41, 5.74) is 5.91. The maximum absolute atomic E-state index is 10.2. The molecule has 3 atom stereocenters. The second-order valence-electron chi connectivity index (χ2n) is 7.97. The molecular formula is C24H31NO2. The zero-order valence-electron chi connectivity index (χ0n) is 16.5. The van der Waals surface area contributed by atoms with Crippen molar-refractivity contribution < 1.29 is 9.53 Å². The van der Waals surface area contributed by atoms with E-state index in [1.807, 2.05) is 0 Å². The van der Waals surface area contributed by atoms with Gasteiger partial charge in [-0.15, -0.1) is 0 Å². The Hall–Kier alpha value is -2.16. The van der Waals surface area contributed by atoms with Crippen LogP contribution in [0.25, 0.3) is 5.57 Å². The number of rotatable bonds is 9. The van der Waals surface area contributed by atoms with Crippen molar-refractivity contribution in [3.8, 4) is 0 Å². The first-order chi connectivity index (χ1) is 13.1. The summed E-state index contributed by atoms with van der Waals surface area (Å²) in [4.78, 5) is 10.2. The highest BCUT2D eigenvalue weighted by Crippen LogP contribution is 2.49. The van der Waals surface area contributed by atoms with Crippen LogP contribution in [0.4, 0.5) is 0 Å². The van der Waals surface area contributed by atoms with Crippen molar-refractivity contribution >= 4 is 17.8 Å². The van der Waals surface area contributed by atoms with Crippen LogP contribution in [0.1, 0.15) is 69.4 Å². The number of benzene rings is 1. The number of allylic oxidation sites excluding steroid dienone is 4. The van der Waals surface area contributed by atoms with Gasteiger partial charge in [-0.1, -0.05) is 57.0 Å². The third-order valence-corrected chi connectivity index (χ3v) is 5.89. The van der Waals surface area contributed by atoms with Gasteiger partial charge in [0, 0.05) is 5.71 Å². The molecule has 0 amide bonds. The third kappa shape index (κ3) is 4.97. The topological polar surface area (TPSA) is 50.2 Å². The highest BCUT2D eigenvalue weighted by Gasteiger charge is 2.37. The van der Waals surface area contributed by atoms with E-state index >= 15 is 0 Å². The van der Waals surface area contributed by atoms with Crippen molar-refractivity contribution in [3.63, 3.8) is 0 Å². The summed E-state index contributed by atoms with van der Waals surface area (Å²) in [7, 11) is 0. The van der Waals surface area contributed by atoms with Crippen LogP contribution in [0.3, 0.4) is 0 Å². The zero-order valence-corrected chi connectivity index (χ0v) is 16.5. The summed E-state index contributed by atoms with van der Waals surface area (Å²) in [5.74, 6) is 1.66. The fourth-order valence-electron chi connectivity index (χ4n) is 4.11. The lowest BCUT2D eigenvalue weighted by Crippen LogP contribution is -2.14. The van der Waals surface area contributed by atoms with Crippen LogP contribution in [-0.2, 0) is 9.53 Å². The minimum Gasteiger partial charge on any atom is -0.468 e. The van der Waals surface area contributed by atoms with Gasteiger partial charge in [-0.05, 0) is 71.8 Å². The number of unbranched alkanes of at least 4 members (excludes halogenated alkanes) is 2. The smallest absolute Gasteiger partial charge is 0.293 e. The van der Waals surface area contributed by atoms with Gasteiger partial charge < -0.3 is 10.1 Å². The Kier molecular flexibility index (Phi) is 6.65. The molecular weight excluding hydrogens is 334 g/mol. The Labute approximate surface area is 163 Å². The lowest BCUT2D eigenvalue weighted by molar-refractivity contribution is -0.128. The van der Waals surface area contributed by atoms with Crippen LogP contribution < -0.4 is 0 Å². The van der Waals surface area contributed by atoms with Crippen LogP contribution in [-0.4, -0.2) is 18.8 Å². The summed E-state index contributed by atoms with van der Waals surface area (Å²) in [6.45, 7) is 5.50. The highest BCUT2D eigenvalue weighted by atomic mass is 16.5. The molecule has 3 rings (SSSR count). The molecule has 0 aliphatic heterocycles. The van der Waals surface area contributed by atoms with Gasteiger partial charge >= 0.3 is 0 Å². The van der Waals surface area contributed by atoms with E-state index in [-0.39, 0.29) is 0 Å². The Morgan fingerprint density at radius 1 is 1.26 bits per heavy atom. The predicted octanol–water partition coefficient (Wildman–Crippen LogP) is 5.91. The van der Waals surface area contributed by atoms with E-state index in [0.717, 1.165) is 30.5 Å². The number of ether oxygens (including phenoxy) is 1. The minimum absolute atomic E-state index is 0.390. The van der Waals surface area contributed by atoms with Crippen molar-refractivity contribution in [1.82, 2.24) is 0 Å². The molecule has 0 heterocycles. The van der Waals surface area contributed by atoms with E-state index < -0.39 is 0 Å². The number of carbonyl (C=O) groups is 1. The number of hydrogen-bond donors (Lipinski definition) is 1. The molecule has 1 unspecified atom stereocenters. The van der Waals surface area contributed by atoms with E-state index in [0.29, 0.717) is 30.8 Å². The first kappa shape index (κ1) is 19.6. The van der Waals surface area contributed by atoms with Crippen LogP contribution in [0, 0.1) is 17.2 Å². The Balaban J connectivity index is 1.68. The molecule has 0 saturated heterocycles. The van der Waals surface area contributed by atoms with Crippen LogP contribution in [0.2, 0.25) is 0 Å². The van der Waals surface area contributed by atoms with Crippen LogP contribution >= 0.6 is 0 Å². The first-order valence-corrected chi connectivity index (χ1v) is 10.3. The number of hydrogen-bond acceptors (Lipinski definition) is 3. The maximum Gasteiger partial charge on any atom is 0.293 e. The highest BCUT2D eigenvalue weighted by molar-refractivity contribution is 6.05. The second kappa shape index (κ2) is 9.16. The van der Waals surface area contributed by atoms with E-state index in [1.165, 1.54) is 36.0 Å². The molecule has 0 radical (unpaired) electrons. The summed E-state index contributed by atoms with van der Waals surface area (Å²) in [6, 6.07) is 9.00. The standard InChI is InChI=1S/C24H31NO2/c1-3-4-5-6-21-15-22(17(2)13-24(21)25)18-7-9-19(10-8-18)23-14-20(23)11-12-27-16-26/h6-10,15-17,20,23,25H,3-5,11-14H2,1-2H3/b21-6-,25-24?/t17?,20-,23-/m1/s1. The van der Waals surface area contributed by atoms with Crippen LogP contribution in [0.5, 0.6) is 0 Å². The molecule has 3 heteroatoms. The number of nitrogens with one attached hydrogen (secondary N) is 1. The lowest BCUT2D eigenvalue weighted by Gasteiger charge is -2.24. The van der Waals surface area contributed by atoms with Crippen molar-refractivity contribution in [2.75, 3.05) is 6.61 Å². The average molecular weight is 366 g/mol. The van der Waals surface area contributed by atoms with Gasteiger partial charge in [0.2, 0.25) is 0 Å². The molecule has 0 aromatic heterocycles. The van der Waals surface area contributed by atoms with Crippen molar-refractivity contribution in [2.45, 2.75) is 58.3 Å². The van der Waals surface area contributed by atoms with E-state index in [1.54, 1.807) is 0 Å². The Morgan fingerprint density at radius 2 is 2.04 bits per heavy atom. The summed E-state index contributed by atoms with van der Waals surface area (Å²) in [5, 5.41) is 8.31. The number of carbonyl (C=O) groups excluding carboxylic acids is 1. The van der Waals surface area contributed by atoms with Gasteiger partial charge in [-0.2, -0.15) is 0 Å². The first-order valence-electron chi connectivity index (χ1n) is 10.3. The molecule has 2 aliphatic rings. The molecule has 1 aromatic rings. The molecule has 3 nitrogen and oxygen atoms in total. The lowest BCUT2D eigenvalue weighted by atomic mass is 9.81. The van der Waals surface area contributed by atoms with Gasteiger partial charge in [0.1, 0.15) is 0 Å². The van der Waals surface area contributed by atoms with Crippen molar-refractivity contribution in [3.05, 3.63) is 53.1 Å². The average Bonchev–Trinajstić information content (AvgIpc) is 3.44. The van der Waals surface area contributed by atoms with Gasteiger partial charge in [0.05, 0.1) is 6.61 Å². The third-order valence-electron chi connectivity index (χ3n) is 5.89. The Morgan fingerprint density at radius 3 is 2.74 bits per heavy atom. The van der Waals surface area contributed by atoms with Crippen LogP contribution in [0.15, 0.2) is 42.0 Å². The largest absolute Gasteiger partial charge is 0.468 e. The summed E-state index contributed by atoms with van der Waals surface area (Å²) < 4.78 is 4.82. The quantitative estimate of drug-likeness (QED) is 0.437. The maximum atomic E-state index is 10.2. The van der Waals surface area contributed by atoms with E-state index in [4.69, 9.17) is 10.1 Å². The van der Waals surface area contributed by atoms with Gasteiger partial charge in [-0.3, -0.25) is 4.79 Å². The molecule has 27 heavy (non-hydrogen) atoms. The molecule has 144 valence electrons. The molecule has 1 aromatic carbocycles. The fourth-order valence-corrected chi connectivity index (χ4v) is 4.11. The van der Waals surface area contributed by atoms with Gasteiger partial charge in [-0.25, -0.2) is 0 Å². The molecule has 0 bridgehead atoms. The van der Waals surface area contributed by atoms with Crippen molar-refractivity contribution in [1.29, 1.82) is 5.41 Å². The molecule has 1 fully saturated rings. The molecule has 0 spiro atoms. The zero-order chi connectivity index (χ0) is 19.2. The SMILES string of the molecule is CCCC/C=C1/C=C(c2ccc([C@H]3C[C@H]3CCOC=O)cc2)C(C)CC1=N. The minimum atomic E-state index is 0.390. The summed E-state index contributed by atoms with van der Waals surface area (Å²) >= 11 is 0. The van der Waals surface area contributed by atoms with Gasteiger partial charge in [0.15, 0.2) is 0 Å². The van der Waals surface area contributed by atoms with E-state index in [9.17, 15) is 4.79 Å². The molecule has 2 aliphatic carbocycles. The monoisotopic (exact) mass is 365 g/mol. The van der Waals surface area contributed by atoms with Crippen molar-refractivity contribution in [2.24, 2.45) is 11.8 Å². The van der Waals surface area contributed by atoms with E-state index in [2.05, 4.69) is 50.3 Å². The normalized spacial score (nSPS) is 26.0. The molecule has 1 saturated carbocycles. The van der Waals surface area contributed by atoms with Gasteiger partial charge in [0.25, 0.3) is 6.47 Å².